The van der Waals surface area contributed by atoms with Crippen LogP contribution in [0.4, 0.5) is 24.8 Å². The third kappa shape index (κ3) is 4.50. The average molecular weight is 493 g/mol. The number of nitrogens with one attached hydrogen (secondary N) is 1. The Balaban J connectivity index is 1.32. The number of fused-ring (bicyclic) bond motifs is 1. The van der Waals surface area contributed by atoms with E-state index in [2.05, 4.69) is 25.3 Å². The number of hydrogen-bond donors (Lipinski definition) is 3. The molecule has 5 rings (SSSR count). The van der Waals surface area contributed by atoms with Crippen molar-refractivity contribution in [2.45, 2.75) is 43.3 Å². The Labute approximate surface area is 198 Å². The van der Waals surface area contributed by atoms with E-state index in [9.17, 15) is 23.4 Å². The molecule has 1 saturated heterocycles. The highest BCUT2D eigenvalue weighted by Gasteiger charge is 2.43. The lowest BCUT2D eigenvalue weighted by Gasteiger charge is -2.19. The van der Waals surface area contributed by atoms with E-state index in [0.717, 1.165) is 12.1 Å². The summed E-state index contributed by atoms with van der Waals surface area (Å²) in [6.45, 7) is 1.33. The molecular formula is C22H26F3N7O3. The minimum absolute atomic E-state index is 0.0837. The zero-order valence-electron chi connectivity index (χ0n) is 18.9. The summed E-state index contributed by atoms with van der Waals surface area (Å²) in [6, 6.07) is 1.53. The first kappa shape index (κ1) is 23.7. The molecule has 0 bridgehead atoms. The SMILES string of the molecule is COC[C@H]1C[C@@H](n2cnc3c(N[C@H]4CCN(c5cc(C(F)(F)F)ccn5)C4)ncnc32)[C@H](O)[C@@H]1O. The molecule has 1 aliphatic heterocycles. The van der Waals surface area contributed by atoms with Crippen molar-refractivity contribution in [2.24, 2.45) is 5.92 Å². The Morgan fingerprint density at radius 2 is 2.00 bits per heavy atom. The van der Waals surface area contributed by atoms with Gasteiger partial charge in [0.2, 0.25) is 0 Å². The number of hydrogen-bond acceptors (Lipinski definition) is 9. The first-order chi connectivity index (χ1) is 16.8. The fourth-order valence-corrected chi connectivity index (χ4v) is 5.00. The van der Waals surface area contributed by atoms with Crippen LogP contribution in [-0.2, 0) is 10.9 Å². The van der Waals surface area contributed by atoms with Crippen molar-refractivity contribution < 1.29 is 28.1 Å². The zero-order chi connectivity index (χ0) is 24.7. The van der Waals surface area contributed by atoms with Crippen LogP contribution < -0.4 is 10.2 Å². The number of aliphatic hydroxyl groups excluding tert-OH is 2. The summed E-state index contributed by atoms with van der Waals surface area (Å²) in [5.74, 6) is 0.575. The lowest BCUT2D eigenvalue weighted by molar-refractivity contribution is -0.137. The maximum absolute atomic E-state index is 13.1. The number of ether oxygens (including phenoxy) is 1. The van der Waals surface area contributed by atoms with Crippen LogP contribution in [0.2, 0.25) is 0 Å². The Kier molecular flexibility index (Phi) is 6.23. The van der Waals surface area contributed by atoms with Crippen LogP contribution in [0, 0.1) is 5.92 Å². The Hall–Kier alpha value is -3.03. The van der Waals surface area contributed by atoms with Crippen LogP contribution in [0.5, 0.6) is 0 Å². The molecular weight excluding hydrogens is 467 g/mol. The van der Waals surface area contributed by atoms with Crippen molar-refractivity contribution in [3.8, 4) is 0 Å². The summed E-state index contributed by atoms with van der Waals surface area (Å²) in [5, 5.41) is 24.3. The second-order valence-electron chi connectivity index (χ2n) is 9.02. The minimum Gasteiger partial charge on any atom is -0.390 e. The van der Waals surface area contributed by atoms with Gasteiger partial charge in [-0.25, -0.2) is 19.9 Å². The molecule has 5 atom stereocenters. The summed E-state index contributed by atoms with van der Waals surface area (Å²) in [5.41, 5.74) is 0.306. The monoisotopic (exact) mass is 493 g/mol. The molecule has 1 aliphatic carbocycles. The van der Waals surface area contributed by atoms with Crippen molar-refractivity contribution in [1.29, 1.82) is 0 Å². The van der Waals surface area contributed by atoms with Crippen molar-refractivity contribution in [2.75, 3.05) is 37.0 Å². The number of aliphatic hydroxyl groups is 2. The fourth-order valence-electron chi connectivity index (χ4n) is 5.00. The lowest BCUT2D eigenvalue weighted by Crippen LogP contribution is -2.30. The number of methoxy groups -OCH3 is 1. The van der Waals surface area contributed by atoms with Crippen LogP contribution in [-0.4, -0.2) is 79.8 Å². The molecule has 2 aliphatic rings. The minimum atomic E-state index is -4.42. The predicted octanol–water partition coefficient (Wildman–Crippen LogP) is 1.86. The zero-order valence-corrected chi connectivity index (χ0v) is 18.9. The van der Waals surface area contributed by atoms with Crippen molar-refractivity contribution in [3.05, 3.63) is 36.5 Å². The van der Waals surface area contributed by atoms with Crippen molar-refractivity contribution in [1.82, 2.24) is 24.5 Å². The van der Waals surface area contributed by atoms with Gasteiger partial charge < -0.3 is 29.7 Å². The molecule has 2 fully saturated rings. The van der Waals surface area contributed by atoms with E-state index >= 15 is 0 Å². The highest BCUT2D eigenvalue weighted by atomic mass is 19.4. The Bertz CT molecular complexity index is 1190. The van der Waals surface area contributed by atoms with Crippen LogP contribution in [0.15, 0.2) is 31.0 Å². The van der Waals surface area contributed by atoms with E-state index in [0.29, 0.717) is 49.5 Å². The van der Waals surface area contributed by atoms with E-state index in [4.69, 9.17) is 4.74 Å². The van der Waals surface area contributed by atoms with Gasteiger partial charge in [-0.15, -0.1) is 0 Å². The quantitative estimate of drug-likeness (QED) is 0.472. The van der Waals surface area contributed by atoms with E-state index in [1.165, 1.54) is 12.5 Å². The van der Waals surface area contributed by atoms with Gasteiger partial charge in [0.25, 0.3) is 0 Å². The second kappa shape index (κ2) is 9.21. The molecule has 0 radical (unpaired) electrons. The number of pyridine rings is 1. The first-order valence-corrected chi connectivity index (χ1v) is 11.3. The van der Waals surface area contributed by atoms with Crippen LogP contribution in [0.25, 0.3) is 11.2 Å². The van der Waals surface area contributed by atoms with Gasteiger partial charge in [-0.1, -0.05) is 0 Å². The van der Waals surface area contributed by atoms with Gasteiger partial charge in [0, 0.05) is 38.4 Å². The normalized spacial score (nSPS) is 27.1. The maximum atomic E-state index is 13.1. The molecule has 0 unspecified atom stereocenters. The number of anilines is 2. The van der Waals surface area contributed by atoms with Crippen LogP contribution >= 0.6 is 0 Å². The van der Waals surface area contributed by atoms with Gasteiger partial charge >= 0.3 is 6.18 Å². The molecule has 0 amide bonds. The van der Waals surface area contributed by atoms with Crippen molar-refractivity contribution in [3.63, 3.8) is 0 Å². The molecule has 3 aromatic rings. The highest BCUT2D eigenvalue weighted by Crippen LogP contribution is 2.37. The second-order valence-corrected chi connectivity index (χ2v) is 9.02. The topological polar surface area (TPSA) is 121 Å². The maximum Gasteiger partial charge on any atom is 0.416 e. The van der Waals surface area contributed by atoms with Gasteiger partial charge in [0.1, 0.15) is 23.8 Å². The number of halogens is 3. The molecule has 188 valence electrons. The molecule has 3 N–H and O–H groups in total. The lowest BCUT2D eigenvalue weighted by atomic mass is 10.1. The summed E-state index contributed by atoms with van der Waals surface area (Å²) < 4.78 is 46.1. The van der Waals surface area contributed by atoms with E-state index in [-0.39, 0.29) is 17.8 Å². The third-order valence-corrected chi connectivity index (χ3v) is 6.79. The standard InChI is InChI=1S/C22H26F3N7O3/c1-35-9-12-6-15(19(34)18(12)33)32-11-29-17-20(27-10-28-21(17)32)30-14-3-5-31(8-14)16-7-13(2-4-26-16)22(23,24)25/h2,4,7,10-12,14-15,18-19,33-34H,3,5-6,8-9H2,1H3,(H,27,28,30)/t12-,14+,15-,18-,19+/m1/s1. The summed E-state index contributed by atoms with van der Waals surface area (Å²) in [6.07, 6.45) is -0.986. The van der Waals surface area contributed by atoms with Gasteiger partial charge in [-0.2, -0.15) is 13.2 Å². The summed E-state index contributed by atoms with van der Waals surface area (Å²) in [7, 11) is 1.55. The van der Waals surface area contributed by atoms with E-state index in [1.807, 2.05) is 0 Å². The fraction of sp³-hybridized carbons (Fsp3) is 0.545. The van der Waals surface area contributed by atoms with E-state index < -0.39 is 30.0 Å². The van der Waals surface area contributed by atoms with Crippen LogP contribution in [0.1, 0.15) is 24.4 Å². The highest BCUT2D eigenvalue weighted by molar-refractivity contribution is 5.83. The average Bonchev–Trinajstić information content (AvgIpc) is 3.54. The molecule has 4 heterocycles. The van der Waals surface area contributed by atoms with Gasteiger partial charge in [-0.3, -0.25) is 0 Å². The molecule has 3 aromatic heterocycles. The first-order valence-electron chi connectivity index (χ1n) is 11.3. The number of aromatic nitrogens is 5. The van der Waals surface area contributed by atoms with E-state index in [1.54, 1.807) is 22.9 Å². The summed E-state index contributed by atoms with van der Waals surface area (Å²) >= 11 is 0. The third-order valence-electron chi connectivity index (χ3n) is 6.79. The molecule has 10 nitrogen and oxygen atoms in total. The smallest absolute Gasteiger partial charge is 0.390 e. The largest absolute Gasteiger partial charge is 0.416 e. The molecule has 0 spiro atoms. The summed E-state index contributed by atoms with van der Waals surface area (Å²) in [4.78, 5) is 19.0. The van der Waals surface area contributed by atoms with Crippen molar-refractivity contribution >= 4 is 22.8 Å². The number of rotatable bonds is 6. The van der Waals surface area contributed by atoms with Gasteiger partial charge in [-0.05, 0) is 25.0 Å². The number of alkyl halides is 3. The van der Waals surface area contributed by atoms with Gasteiger partial charge in [0.05, 0.1) is 30.6 Å². The molecule has 1 saturated carbocycles. The van der Waals surface area contributed by atoms with Crippen LogP contribution in [0.3, 0.4) is 0 Å². The Morgan fingerprint density at radius 1 is 1.17 bits per heavy atom. The molecule has 13 heteroatoms. The van der Waals surface area contributed by atoms with Gasteiger partial charge in [0.15, 0.2) is 11.5 Å². The number of nitrogens with zero attached hydrogens (tertiary/aromatic N) is 6. The predicted molar refractivity (Wildman–Crippen MR) is 120 cm³/mol. The Morgan fingerprint density at radius 3 is 2.77 bits per heavy atom. The molecule has 0 aromatic carbocycles. The molecule has 35 heavy (non-hydrogen) atoms. The number of imidazole rings is 1.